The molecule has 0 amide bonds. The Morgan fingerprint density at radius 3 is 2.41 bits per heavy atom. The Hall–Kier alpha value is -1.75. The molecule has 5 heteroatoms. The second-order valence-electron chi connectivity index (χ2n) is 3.48. The summed E-state index contributed by atoms with van der Waals surface area (Å²) >= 11 is 1.25. The molecule has 1 aromatic heterocycles. The van der Waals surface area contributed by atoms with Crippen LogP contribution in [0.1, 0.15) is 5.69 Å². The normalized spacial score (nSPS) is 10.3. The number of rotatable bonds is 3. The van der Waals surface area contributed by atoms with Crippen molar-refractivity contribution in [3.63, 3.8) is 0 Å². The molecular formula is C12H13NO3S. The van der Waals surface area contributed by atoms with E-state index < -0.39 is 0 Å². The molecule has 1 aromatic carbocycles. The van der Waals surface area contributed by atoms with Crippen LogP contribution < -0.4 is 9.47 Å². The lowest BCUT2D eigenvalue weighted by atomic mass is 10.2. The molecular weight excluding hydrogens is 238 g/mol. The third-order valence-corrected chi connectivity index (χ3v) is 3.41. The molecule has 17 heavy (non-hydrogen) atoms. The Balaban J connectivity index is 2.46. The lowest BCUT2D eigenvalue weighted by molar-refractivity contribution is 0.355. The summed E-state index contributed by atoms with van der Waals surface area (Å²) in [7, 11) is 3.18. The highest BCUT2D eigenvalue weighted by Gasteiger charge is 2.11. The van der Waals surface area contributed by atoms with E-state index in [2.05, 4.69) is 4.98 Å². The van der Waals surface area contributed by atoms with E-state index >= 15 is 0 Å². The van der Waals surface area contributed by atoms with Crippen molar-refractivity contribution in [2.75, 3.05) is 14.2 Å². The zero-order chi connectivity index (χ0) is 12.4. The molecule has 0 saturated carbocycles. The molecule has 90 valence electrons. The molecule has 0 aliphatic carbocycles. The van der Waals surface area contributed by atoms with Gasteiger partial charge in [-0.25, -0.2) is 4.98 Å². The van der Waals surface area contributed by atoms with Gasteiger partial charge in [-0.2, -0.15) is 0 Å². The van der Waals surface area contributed by atoms with Crippen molar-refractivity contribution in [2.45, 2.75) is 6.92 Å². The smallest absolute Gasteiger partial charge is 0.195 e. The first-order valence-corrected chi connectivity index (χ1v) is 5.86. The van der Waals surface area contributed by atoms with E-state index in [1.165, 1.54) is 11.3 Å². The number of aromatic hydroxyl groups is 1. The van der Waals surface area contributed by atoms with E-state index in [1.807, 2.05) is 18.2 Å². The Bertz CT molecular complexity index is 517. The SMILES string of the molecule is COc1ccc(-c2nc(C)c(O)s2)cc1OC. The fraction of sp³-hybridized carbons (Fsp3) is 0.250. The van der Waals surface area contributed by atoms with Crippen molar-refractivity contribution in [1.29, 1.82) is 0 Å². The number of hydrogen-bond donors (Lipinski definition) is 1. The van der Waals surface area contributed by atoms with Crippen molar-refractivity contribution in [3.05, 3.63) is 23.9 Å². The first-order chi connectivity index (χ1) is 8.15. The van der Waals surface area contributed by atoms with Crippen LogP contribution in [0.2, 0.25) is 0 Å². The summed E-state index contributed by atoms with van der Waals surface area (Å²) < 4.78 is 10.4. The molecule has 2 aromatic rings. The first kappa shape index (κ1) is 11.7. The molecule has 1 heterocycles. The van der Waals surface area contributed by atoms with Gasteiger partial charge in [-0.1, -0.05) is 11.3 Å². The van der Waals surface area contributed by atoms with Crippen LogP contribution >= 0.6 is 11.3 Å². The lowest BCUT2D eigenvalue weighted by Gasteiger charge is -2.07. The quantitative estimate of drug-likeness (QED) is 0.911. The minimum atomic E-state index is 0.245. The fourth-order valence-electron chi connectivity index (χ4n) is 1.48. The number of ether oxygens (including phenoxy) is 2. The minimum Gasteiger partial charge on any atom is -0.498 e. The Labute approximate surface area is 103 Å². The molecule has 0 atom stereocenters. The van der Waals surface area contributed by atoms with E-state index in [-0.39, 0.29) is 5.06 Å². The topological polar surface area (TPSA) is 51.6 Å². The van der Waals surface area contributed by atoms with Gasteiger partial charge >= 0.3 is 0 Å². The highest BCUT2D eigenvalue weighted by Crippen LogP contribution is 2.36. The van der Waals surface area contributed by atoms with Gasteiger partial charge in [0.25, 0.3) is 0 Å². The summed E-state index contributed by atoms with van der Waals surface area (Å²) in [5, 5.41) is 10.5. The van der Waals surface area contributed by atoms with Crippen molar-refractivity contribution in [3.8, 4) is 27.1 Å². The Kier molecular flexibility index (Phi) is 3.19. The Morgan fingerprint density at radius 1 is 1.18 bits per heavy atom. The van der Waals surface area contributed by atoms with Gasteiger partial charge in [0.2, 0.25) is 0 Å². The summed E-state index contributed by atoms with van der Waals surface area (Å²) in [6, 6.07) is 5.55. The molecule has 0 aliphatic rings. The lowest BCUT2D eigenvalue weighted by Crippen LogP contribution is -1.90. The van der Waals surface area contributed by atoms with E-state index in [0.29, 0.717) is 17.2 Å². The molecule has 2 rings (SSSR count). The Morgan fingerprint density at radius 2 is 1.88 bits per heavy atom. The highest BCUT2D eigenvalue weighted by molar-refractivity contribution is 7.16. The van der Waals surface area contributed by atoms with E-state index in [4.69, 9.17) is 9.47 Å². The van der Waals surface area contributed by atoms with Crippen LogP contribution in [0.3, 0.4) is 0 Å². The summed E-state index contributed by atoms with van der Waals surface area (Å²) in [6.45, 7) is 1.77. The van der Waals surface area contributed by atoms with E-state index in [0.717, 1.165) is 10.6 Å². The van der Waals surface area contributed by atoms with Crippen molar-refractivity contribution >= 4 is 11.3 Å². The van der Waals surface area contributed by atoms with Crippen LogP contribution in [0, 0.1) is 6.92 Å². The summed E-state index contributed by atoms with van der Waals surface area (Å²) in [6.07, 6.45) is 0. The van der Waals surface area contributed by atoms with Crippen molar-refractivity contribution in [2.24, 2.45) is 0 Å². The molecule has 0 bridgehead atoms. The van der Waals surface area contributed by atoms with E-state index in [9.17, 15) is 5.11 Å². The van der Waals surface area contributed by atoms with Crippen LogP contribution in [0.25, 0.3) is 10.6 Å². The molecule has 0 unspecified atom stereocenters. The van der Waals surface area contributed by atoms with Gasteiger partial charge in [-0.15, -0.1) is 0 Å². The van der Waals surface area contributed by atoms with Crippen LogP contribution in [-0.2, 0) is 0 Å². The zero-order valence-corrected chi connectivity index (χ0v) is 10.7. The van der Waals surface area contributed by atoms with Gasteiger partial charge < -0.3 is 14.6 Å². The average Bonchev–Trinajstić information content (AvgIpc) is 2.68. The molecule has 0 saturated heterocycles. The maximum atomic E-state index is 9.53. The summed E-state index contributed by atoms with van der Waals surface area (Å²) in [5.74, 6) is 1.33. The largest absolute Gasteiger partial charge is 0.498 e. The average molecular weight is 251 g/mol. The number of aryl methyl sites for hydroxylation is 1. The number of nitrogens with zero attached hydrogens (tertiary/aromatic N) is 1. The van der Waals surface area contributed by atoms with Crippen LogP contribution in [0.15, 0.2) is 18.2 Å². The van der Waals surface area contributed by atoms with Gasteiger partial charge in [0.05, 0.1) is 19.9 Å². The number of benzene rings is 1. The second kappa shape index (κ2) is 4.63. The van der Waals surface area contributed by atoms with Crippen LogP contribution in [-0.4, -0.2) is 24.3 Å². The molecule has 4 nitrogen and oxygen atoms in total. The minimum absolute atomic E-state index is 0.245. The fourth-order valence-corrected chi connectivity index (χ4v) is 2.28. The zero-order valence-electron chi connectivity index (χ0n) is 9.85. The maximum absolute atomic E-state index is 9.53. The van der Waals surface area contributed by atoms with Gasteiger partial charge in [0.15, 0.2) is 16.6 Å². The van der Waals surface area contributed by atoms with Crippen molar-refractivity contribution in [1.82, 2.24) is 4.98 Å². The molecule has 0 aliphatic heterocycles. The predicted molar refractivity (Wildman–Crippen MR) is 67.1 cm³/mol. The third-order valence-electron chi connectivity index (χ3n) is 2.40. The standard InChI is InChI=1S/C12H13NO3S/c1-7-12(14)17-11(13-7)8-4-5-9(15-2)10(6-8)16-3/h4-6,14H,1-3H3. The molecule has 0 spiro atoms. The van der Waals surface area contributed by atoms with E-state index in [1.54, 1.807) is 21.1 Å². The van der Waals surface area contributed by atoms with Gasteiger partial charge in [0.1, 0.15) is 5.01 Å². The number of hydrogen-bond acceptors (Lipinski definition) is 5. The monoisotopic (exact) mass is 251 g/mol. The summed E-state index contributed by atoms with van der Waals surface area (Å²) in [4.78, 5) is 4.28. The first-order valence-electron chi connectivity index (χ1n) is 5.04. The summed E-state index contributed by atoms with van der Waals surface area (Å²) in [5.41, 5.74) is 1.54. The maximum Gasteiger partial charge on any atom is 0.195 e. The number of methoxy groups -OCH3 is 2. The predicted octanol–water partition coefficient (Wildman–Crippen LogP) is 2.84. The van der Waals surface area contributed by atoms with Gasteiger partial charge in [-0.05, 0) is 25.1 Å². The number of aromatic nitrogens is 1. The van der Waals surface area contributed by atoms with Crippen LogP contribution in [0.4, 0.5) is 0 Å². The second-order valence-corrected chi connectivity index (χ2v) is 4.46. The molecule has 0 radical (unpaired) electrons. The van der Waals surface area contributed by atoms with Crippen molar-refractivity contribution < 1.29 is 14.6 Å². The highest BCUT2D eigenvalue weighted by atomic mass is 32.1. The van der Waals surface area contributed by atoms with Gasteiger partial charge in [-0.3, -0.25) is 0 Å². The third kappa shape index (κ3) is 2.19. The molecule has 1 N–H and O–H groups in total. The number of thiazole rings is 1. The van der Waals surface area contributed by atoms with Crippen LogP contribution in [0.5, 0.6) is 16.6 Å². The molecule has 0 fully saturated rings. The van der Waals surface area contributed by atoms with Gasteiger partial charge in [0, 0.05) is 5.56 Å².